The van der Waals surface area contributed by atoms with Crippen molar-refractivity contribution in [1.82, 2.24) is 4.98 Å². The number of benzene rings is 2. The van der Waals surface area contributed by atoms with Crippen LogP contribution in [0.2, 0.25) is 0 Å². The number of aliphatic hydroxyl groups excluding tert-OH is 1. The lowest BCUT2D eigenvalue weighted by Gasteiger charge is -2.25. The fourth-order valence-corrected chi connectivity index (χ4v) is 4.47. The summed E-state index contributed by atoms with van der Waals surface area (Å²) < 4.78 is 38.4. The van der Waals surface area contributed by atoms with Crippen molar-refractivity contribution < 1.29 is 18.3 Å². The molecule has 2 heterocycles. The summed E-state index contributed by atoms with van der Waals surface area (Å²) >= 11 is 1.24. The van der Waals surface area contributed by atoms with Gasteiger partial charge in [0.05, 0.1) is 22.9 Å². The van der Waals surface area contributed by atoms with Gasteiger partial charge in [0.2, 0.25) is 0 Å². The van der Waals surface area contributed by atoms with E-state index >= 15 is 0 Å². The van der Waals surface area contributed by atoms with Crippen LogP contribution in [0.3, 0.4) is 0 Å². The molecule has 32 heavy (non-hydrogen) atoms. The van der Waals surface area contributed by atoms with Gasteiger partial charge in [-0.05, 0) is 43.3 Å². The molecule has 5 nitrogen and oxygen atoms in total. The monoisotopic (exact) mass is 458 g/mol. The quantitative estimate of drug-likeness (QED) is 0.500. The van der Waals surface area contributed by atoms with Crippen LogP contribution in [0.15, 0.2) is 59.7 Å². The SMILES string of the molecule is CC1C(O)=C(c2nc(-c3ccc(C(F)(F)F)cc3)cs2)C(=N)N1c1ccc(N(C)C)cc1. The number of nitrogens with one attached hydrogen (secondary N) is 1. The van der Waals surface area contributed by atoms with Gasteiger partial charge in [-0.3, -0.25) is 5.41 Å². The summed E-state index contributed by atoms with van der Waals surface area (Å²) in [7, 11) is 3.88. The number of amidine groups is 1. The zero-order valence-electron chi connectivity index (χ0n) is 17.6. The van der Waals surface area contributed by atoms with Gasteiger partial charge in [0.1, 0.15) is 16.6 Å². The van der Waals surface area contributed by atoms with Crippen molar-refractivity contribution in [2.24, 2.45) is 0 Å². The van der Waals surface area contributed by atoms with Crippen molar-refractivity contribution in [2.45, 2.75) is 19.1 Å². The average molecular weight is 459 g/mol. The van der Waals surface area contributed by atoms with Crippen molar-refractivity contribution in [3.8, 4) is 11.3 Å². The average Bonchev–Trinajstić information content (AvgIpc) is 3.31. The molecule has 0 saturated carbocycles. The van der Waals surface area contributed by atoms with Gasteiger partial charge in [0.25, 0.3) is 0 Å². The highest BCUT2D eigenvalue weighted by Gasteiger charge is 2.37. The van der Waals surface area contributed by atoms with E-state index in [1.165, 1.54) is 23.5 Å². The van der Waals surface area contributed by atoms with Gasteiger partial charge in [0.15, 0.2) is 0 Å². The summed E-state index contributed by atoms with van der Waals surface area (Å²) in [5.74, 6) is 0.168. The van der Waals surface area contributed by atoms with Crippen molar-refractivity contribution >= 4 is 34.1 Å². The Morgan fingerprint density at radius 3 is 2.25 bits per heavy atom. The van der Waals surface area contributed by atoms with E-state index in [1.807, 2.05) is 43.3 Å². The predicted octanol–water partition coefficient (Wildman–Crippen LogP) is 6.05. The van der Waals surface area contributed by atoms with Gasteiger partial charge in [-0.1, -0.05) is 12.1 Å². The maximum absolute atomic E-state index is 12.8. The van der Waals surface area contributed by atoms with Crippen LogP contribution in [0.4, 0.5) is 24.5 Å². The Balaban J connectivity index is 1.62. The van der Waals surface area contributed by atoms with E-state index in [-0.39, 0.29) is 11.6 Å². The molecule has 0 amide bonds. The third kappa shape index (κ3) is 3.84. The lowest BCUT2D eigenvalue weighted by Crippen LogP contribution is -2.33. The highest BCUT2D eigenvalue weighted by atomic mass is 32.1. The molecule has 0 spiro atoms. The molecule has 1 atom stereocenters. The number of hydrogen-bond donors (Lipinski definition) is 2. The second-order valence-electron chi connectivity index (χ2n) is 7.68. The van der Waals surface area contributed by atoms with Gasteiger partial charge in [-0.2, -0.15) is 13.2 Å². The first-order valence-corrected chi connectivity index (χ1v) is 10.7. The molecular formula is C23H21F3N4OS. The molecule has 0 fully saturated rings. The number of alkyl halides is 3. The van der Waals surface area contributed by atoms with Crippen LogP contribution in [0.25, 0.3) is 16.8 Å². The summed E-state index contributed by atoms with van der Waals surface area (Å²) in [5.41, 5.74) is 2.43. The topological polar surface area (TPSA) is 63.5 Å². The molecule has 2 N–H and O–H groups in total. The summed E-state index contributed by atoms with van der Waals surface area (Å²) in [4.78, 5) is 8.20. The van der Waals surface area contributed by atoms with Crippen molar-refractivity contribution in [3.63, 3.8) is 0 Å². The van der Waals surface area contributed by atoms with Crippen molar-refractivity contribution in [1.29, 1.82) is 5.41 Å². The summed E-state index contributed by atoms with van der Waals surface area (Å²) in [6, 6.07) is 12.0. The molecular weight excluding hydrogens is 437 g/mol. The molecule has 9 heteroatoms. The Morgan fingerprint density at radius 1 is 1.06 bits per heavy atom. The minimum Gasteiger partial charge on any atom is -0.509 e. The molecule has 2 aromatic carbocycles. The Morgan fingerprint density at radius 2 is 1.69 bits per heavy atom. The minimum absolute atomic E-state index is 0.0417. The molecule has 1 aromatic heterocycles. The molecule has 0 radical (unpaired) electrons. The van der Waals surface area contributed by atoms with E-state index in [1.54, 1.807) is 17.2 Å². The minimum atomic E-state index is -4.40. The number of rotatable bonds is 4. The van der Waals surface area contributed by atoms with E-state index in [0.717, 1.165) is 23.5 Å². The normalized spacial score (nSPS) is 16.8. The molecule has 4 rings (SSSR count). The first kappa shape index (κ1) is 21.9. The van der Waals surface area contributed by atoms with E-state index < -0.39 is 17.8 Å². The molecule has 166 valence electrons. The Labute approximate surface area is 187 Å². The van der Waals surface area contributed by atoms with Crippen LogP contribution in [0, 0.1) is 5.41 Å². The second-order valence-corrected chi connectivity index (χ2v) is 8.54. The number of nitrogens with zero attached hydrogens (tertiary/aromatic N) is 3. The highest BCUT2D eigenvalue weighted by Crippen LogP contribution is 2.38. The maximum atomic E-state index is 12.8. The number of anilines is 2. The molecule has 1 aliphatic rings. The summed E-state index contributed by atoms with van der Waals surface area (Å²) in [6.07, 6.45) is -4.40. The highest BCUT2D eigenvalue weighted by molar-refractivity contribution is 7.11. The number of halogens is 3. The molecule has 3 aromatic rings. The number of thiazole rings is 1. The molecule has 1 aliphatic heterocycles. The van der Waals surface area contributed by atoms with Crippen LogP contribution < -0.4 is 9.80 Å². The number of hydrogen-bond acceptors (Lipinski definition) is 5. The van der Waals surface area contributed by atoms with Gasteiger partial charge >= 0.3 is 6.18 Å². The van der Waals surface area contributed by atoms with E-state index in [9.17, 15) is 18.3 Å². The number of aromatic nitrogens is 1. The van der Waals surface area contributed by atoms with Gasteiger partial charge in [0, 0.05) is 36.4 Å². The van der Waals surface area contributed by atoms with Gasteiger partial charge < -0.3 is 14.9 Å². The molecule has 1 unspecified atom stereocenters. The lowest BCUT2D eigenvalue weighted by molar-refractivity contribution is -0.137. The Kier molecular flexibility index (Phi) is 5.46. The second kappa shape index (κ2) is 7.98. The molecule has 0 saturated heterocycles. The smallest absolute Gasteiger partial charge is 0.416 e. The van der Waals surface area contributed by atoms with Gasteiger partial charge in [-0.15, -0.1) is 11.3 Å². The van der Waals surface area contributed by atoms with Crippen molar-refractivity contribution in [2.75, 3.05) is 23.9 Å². The fourth-order valence-electron chi connectivity index (χ4n) is 3.59. The van der Waals surface area contributed by atoms with Crippen molar-refractivity contribution in [3.05, 3.63) is 70.2 Å². The third-order valence-corrected chi connectivity index (χ3v) is 6.25. The first-order chi connectivity index (χ1) is 15.1. The molecule has 0 aliphatic carbocycles. The van der Waals surface area contributed by atoms with E-state index in [0.29, 0.717) is 21.8 Å². The fraction of sp³-hybridized carbons (Fsp3) is 0.217. The zero-order valence-corrected chi connectivity index (χ0v) is 18.4. The third-order valence-electron chi connectivity index (χ3n) is 5.39. The van der Waals surface area contributed by atoms with Crippen LogP contribution in [-0.2, 0) is 6.18 Å². The Bertz CT molecular complexity index is 1180. The predicted molar refractivity (Wildman–Crippen MR) is 123 cm³/mol. The lowest BCUT2D eigenvalue weighted by atomic mass is 10.1. The van der Waals surface area contributed by atoms with Crippen LogP contribution in [0.1, 0.15) is 17.5 Å². The van der Waals surface area contributed by atoms with Crippen LogP contribution in [-0.4, -0.2) is 36.1 Å². The van der Waals surface area contributed by atoms with Gasteiger partial charge in [-0.25, -0.2) is 4.98 Å². The first-order valence-electron chi connectivity index (χ1n) is 9.80. The van der Waals surface area contributed by atoms with Crippen LogP contribution in [0.5, 0.6) is 0 Å². The Hall–Kier alpha value is -3.33. The standard InChI is InChI=1S/C23H21F3N4OS/c1-13-20(31)19(21(27)30(13)17-10-8-16(9-11-17)29(2)3)22-28-18(12-32-22)14-4-6-15(7-5-14)23(24,25)26/h4-13,27,31H,1-3H3. The van der Waals surface area contributed by atoms with Crippen LogP contribution >= 0.6 is 11.3 Å². The largest absolute Gasteiger partial charge is 0.509 e. The molecule has 0 bridgehead atoms. The summed E-state index contributed by atoms with van der Waals surface area (Å²) in [6.45, 7) is 1.81. The summed E-state index contributed by atoms with van der Waals surface area (Å²) in [5, 5.41) is 21.6. The number of aliphatic hydroxyl groups is 1. The zero-order chi connectivity index (χ0) is 23.2. The maximum Gasteiger partial charge on any atom is 0.416 e. The van der Waals surface area contributed by atoms with E-state index in [4.69, 9.17) is 5.41 Å². The van der Waals surface area contributed by atoms with E-state index in [2.05, 4.69) is 4.98 Å².